The Morgan fingerprint density at radius 2 is 1.54 bits per heavy atom. The maximum Gasteiger partial charge on any atom is 0.511 e. The minimum absolute atomic E-state index is 0.118. The lowest BCUT2D eigenvalue weighted by Gasteiger charge is -2.41. The highest BCUT2D eigenvalue weighted by Gasteiger charge is 2.65. The molecule has 23 heteroatoms. The lowest BCUT2D eigenvalue weighted by atomic mass is 9.99. The van der Waals surface area contributed by atoms with Crippen molar-refractivity contribution >= 4 is 28.4 Å². The summed E-state index contributed by atoms with van der Waals surface area (Å²) in [6, 6.07) is -0.339. The van der Waals surface area contributed by atoms with Crippen LogP contribution in [0.1, 0.15) is 18.1 Å². The molecule has 0 bridgehead atoms. The molecule has 0 saturated heterocycles. The molecule has 0 aromatic heterocycles. The van der Waals surface area contributed by atoms with Crippen LogP contribution in [0.2, 0.25) is 0 Å². The molecule has 0 saturated carbocycles. The van der Waals surface area contributed by atoms with Gasteiger partial charge in [-0.2, -0.15) is 13.2 Å². The standard InChI is InChI=1S/C18H16F8N2O12S/c1-8-3-12(41(22,23,24,25)26)4-10-5-13(15(18(19,20)21)40-14(8)10)16(29)37-9(2)38-17(30)39-11(6-35-27(31)32)7-36-28(33)34/h3-5,9,11,15H,6-7H2,1-2H3. The number of fused-ring (bicyclic) bond motifs is 1. The Morgan fingerprint density at radius 1 is 1.00 bits per heavy atom. The molecule has 2 atom stereocenters. The molecule has 1 aliphatic heterocycles. The van der Waals surface area contributed by atoms with E-state index in [2.05, 4.69) is 28.6 Å². The van der Waals surface area contributed by atoms with Gasteiger partial charge in [0.15, 0.2) is 6.10 Å². The molecule has 0 fully saturated rings. The smallest absolute Gasteiger partial charge is 0.475 e. The van der Waals surface area contributed by atoms with E-state index in [1.807, 2.05) is 0 Å². The number of esters is 1. The first-order chi connectivity index (χ1) is 18.4. The second-order valence-electron chi connectivity index (χ2n) is 7.89. The summed E-state index contributed by atoms with van der Waals surface area (Å²) in [7, 11) is -10.3. The summed E-state index contributed by atoms with van der Waals surface area (Å²) in [5.74, 6) is -2.87. The molecule has 1 aromatic rings. The summed E-state index contributed by atoms with van der Waals surface area (Å²) < 4.78 is 125. The molecule has 0 spiro atoms. The number of carbonyl (C=O) groups excluding carboxylic acids is 2. The van der Waals surface area contributed by atoms with Crippen molar-refractivity contribution in [3.63, 3.8) is 0 Å². The number of aryl methyl sites for hydroxylation is 1. The predicted octanol–water partition coefficient (Wildman–Crippen LogP) is 5.19. The van der Waals surface area contributed by atoms with Crippen molar-refractivity contribution in [2.45, 2.75) is 43.4 Å². The maximum atomic E-state index is 13.6. The van der Waals surface area contributed by atoms with E-state index in [1.165, 1.54) is 0 Å². The summed E-state index contributed by atoms with van der Waals surface area (Å²) in [6.45, 7) is -0.728. The minimum atomic E-state index is -10.3. The van der Waals surface area contributed by atoms with Gasteiger partial charge in [0.1, 0.15) is 23.9 Å². The Balaban J connectivity index is 2.28. The number of hydrogen-bond donors (Lipinski definition) is 0. The highest BCUT2D eigenvalue weighted by molar-refractivity contribution is 8.45. The van der Waals surface area contributed by atoms with Crippen molar-refractivity contribution in [1.82, 2.24) is 0 Å². The first-order valence-corrected chi connectivity index (χ1v) is 12.3. The zero-order valence-electron chi connectivity index (χ0n) is 20.1. The molecule has 0 aliphatic carbocycles. The lowest BCUT2D eigenvalue weighted by Crippen LogP contribution is -2.41. The normalized spacial score (nSPS) is 17.4. The van der Waals surface area contributed by atoms with Crippen LogP contribution >= 0.6 is 10.2 Å². The van der Waals surface area contributed by atoms with Gasteiger partial charge in [-0.15, -0.1) is 20.2 Å². The van der Waals surface area contributed by atoms with Gasteiger partial charge in [0.05, 0.1) is 5.57 Å². The van der Waals surface area contributed by atoms with Gasteiger partial charge in [0.2, 0.25) is 12.4 Å². The van der Waals surface area contributed by atoms with Crippen LogP contribution in [-0.2, 0) is 28.7 Å². The van der Waals surface area contributed by atoms with E-state index in [0.717, 1.165) is 13.8 Å². The minimum Gasteiger partial charge on any atom is -0.475 e. The van der Waals surface area contributed by atoms with Crippen molar-refractivity contribution in [2.75, 3.05) is 13.2 Å². The molecule has 0 amide bonds. The summed E-state index contributed by atoms with van der Waals surface area (Å²) >= 11 is 0. The van der Waals surface area contributed by atoms with E-state index in [0.29, 0.717) is 0 Å². The van der Waals surface area contributed by atoms with Crippen molar-refractivity contribution in [3.8, 4) is 5.75 Å². The van der Waals surface area contributed by atoms with E-state index >= 15 is 0 Å². The van der Waals surface area contributed by atoms with Crippen LogP contribution in [0.15, 0.2) is 22.6 Å². The number of hydrogen-bond acceptors (Lipinski definition) is 12. The summed E-state index contributed by atoms with van der Waals surface area (Å²) in [5.41, 5.74) is -3.27. The summed E-state index contributed by atoms with van der Waals surface area (Å²) in [4.78, 5) is 50.1. The highest BCUT2D eigenvalue weighted by Crippen LogP contribution is 3.02. The van der Waals surface area contributed by atoms with E-state index in [-0.39, 0.29) is 18.2 Å². The van der Waals surface area contributed by atoms with Gasteiger partial charge in [-0.3, -0.25) is 0 Å². The van der Waals surface area contributed by atoms with E-state index < -0.39 is 97.8 Å². The molecule has 2 unspecified atom stereocenters. The SMILES string of the molecule is Cc1cc(S(F)(F)(F)(F)F)cc2c1OC(C(F)(F)F)C(C(=O)OC(C)OC(=O)OC(CO[N+](=O)[O-])CO[N+](=O)[O-])=C2. The molecule has 0 N–H and O–H groups in total. The van der Waals surface area contributed by atoms with E-state index in [9.17, 15) is 62.4 Å². The number of nitrogens with zero attached hydrogens (tertiary/aromatic N) is 2. The van der Waals surface area contributed by atoms with Crippen LogP contribution in [0.25, 0.3) is 6.08 Å². The topological polar surface area (TPSA) is 176 Å². The van der Waals surface area contributed by atoms with E-state index in [4.69, 9.17) is 0 Å². The first-order valence-electron chi connectivity index (χ1n) is 10.3. The Bertz CT molecular complexity index is 1250. The van der Waals surface area contributed by atoms with Crippen LogP contribution < -0.4 is 4.74 Å². The highest BCUT2D eigenvalue weighted by atomic mass is 32.5. The van der Waals surface area contributed by atoms with Gasteiger partial charge in [0, 0.05) is 12.5 Å². The zero-order valence-corrected chi connectivity index (χ0v) is 20.9. The van der Waals surface area contributed by atoms with Crippen molar-refractivity contribution < 1.29 is 81.0 Å². The van der Waals surface area contributed by atoms with Crippen LogP contribution in [-0.4, -0.2) is 60.2 Å². The summed E-state index contributed by atoms with van der Waals surface area (Å²) in [6.07, 6.45) is -14.2. The van der Waals surface area contributed by atoms with Crippen LogP contribution in [0.3, 0.4) is 0 Å². The van der Waals surface area contributed by atoms with Gasteiger partial charge < -0.3 is 28.6 Å². The monoisotopic (exact) mass is 636 g/mol. The Hall–Kier alpha value is -4.31. The first kappa shape index (κ1) is 32.9. The fourth-order valence-corrected chi connectivity index (χ4v) is 3.79. The fourth-order valence-electron chi connectivity index (χ4n) is 3.04. The van der Waals surface area contributed by atoms with Crippen LogP contribution in [0, 0.1) is 27.2 Å². The van der Waals surface area contributed by atoms with Gasteiger partial charge in [-0.25, -0.2) is 9.59 Å². The van der Waals surface area contributed by atoms with Crippen molar-refractivity contribution in [2.24, 2.45) is 0 Å². The molecule has 1 heterocycles. The molecular formula is C18H16F8N2O12S. The molecule has 1 aromatic carbocycles. The van der Waals surface area contributed by atoms with Crippen molar-refractivity contribution in [3.05, 3.63) is 49.1 Å². The Kier molecular flexibility index (Phi) is 8.50. The fraction of sp³-hybridized carbons (Fsp3) is 0.444. The number of rotatable bonds is 11. The molecule has 2 rings (SSSR count). The average Bonchev–Trinajstić information content (AvgIpc) is 2.77. The average molecular weight is 636 g/mol. The maximum absolute atomic E-state index is 13.6. The molecule has 1 aliphatic rings. The third-order valence-electron chi connectivity index (χ3n) is 4.61. The largest absolute Gasteiger partial charge is 0.511 e. The number of ether oxygens (including phenoxy) is 4. The second kappa shape index (κ2) is 10.6. The molecule has 0 radical (unpaired) electrons. The molecular weight excluding hydrogens is 620 g/mol. The molecule has 232 valence electrons. The number of carbonyl (C=O) groups is 2. The number of halogens is 8. The number of alkyl halides is 3. The van der Waals surface area contributed by atoms with Crippen LogP contribution in [0.5, 0.6) is 5.75 Å². The third kappa shape index (κ3) is 9.39. The molecule has 41 heavy (non-hydrogen) atoms. The predicted molar refractivity (Wildman–Crippen MR) is 114 cm³/mol. The van der Waals surface area contributed by atoms with Gasteiger partial charge in [-0.05, 0) is 30.7 Å². The third-order valence-corrected chi connectivity index (χ3v) is 5.74. The van der Waals surface area contributed by atoms with Gasteiger partial charge >= 0.3 is 28.5 Å². The zero-order chi connectivity index (χ0) is 31.6. The second-order valence-corrected chi connectivity index (χ2v) is 10.3. The van der Waals surface area contributed by atoms with Gasteiger partial charge in [-0.1, -0.05) is 19.4 Å². The van der Waals surface area contributed by atoms with Crippen molar-refractivity contribution in [1.29, 1.82) is 0 Å². The van der Waals surface area contributed by atoms with E-state index in [1.54, 1.807) is 0 Å². The quantitative estimate of drug-likeness (QED) is 0.102. The van der Waals surface area contributed by atoms with Crippen LogP contribution in [0.4, 0.5) is 37.4 Å². The summed E-state index contributed by atoms with van der Waals surface area (Å²) in [5, 5.41) is 17.8. The molecule has 14 nitrogen and oxygen atoms in total. The lowest BCUT2D eigenvalue weighted by molar-refractivity contribution is -0.768. The Morgan fingerprint density at radius 3 is 2.00 bits per heavy atom. The number of benzene rings is 1. The van der Waals surface area contributed by atoms with Gasteiger partial charge in [0.25, 0.3) is 10.2 Å². The Labute approximate surface area is 221 Å².